The average Bonchev–Trinajstić information content (AvgIpc) is 2.85. The number of hydrogen-bond acceptors (Lipinski definition) is 3. The molecule has 4 aromatic rings. The van der Waals surface area contributed by atoms with Crippen LogP contribution in [0.15, 0.2) is 119 Å². The Hall–Kier alpha value is -3.69. The summed E-state index contributed by atoms with van der Waals surface area (Å²) >= 11 is 6.88. The molecule has 1 N–H and O–H groups in total. The predicted octanol–water partition coefficient (Wildman–Crippen LogP) is 6.45. The minimum atomic E-state index is -1.09. The van der Waals surface area contributed by atoms with E-state index in [1.807, 2.05) is 60.7 Å². The first-order valence-electron chi connectivity index (χ1n) is 10.1. The molecule has 1 aliphatic heterocycles. The van der Waals surface area contributed by atoms with Crippen molar-refractivity contribution < 1.29 is 0 Å². The van der Waals surface area contributed by atoms with E-state index in [0.717, 1.165) is 22.3 Å². The lowest BCUT2D eigenvalue weighted by atomic mass is 10.0. The lowest BCUT2D eigenvalue weighted by Crippen LogP contribution is -2.38. The first-order chi connectivity index (χ1) is 15.2. The molecular weight excluding hydrogens is 402 g/mol. The highest BCUT2D eigenvalue weighted by atomic mass is 35.5. The maximum Gasteiger partial charge on any atom is 0.235 e. The lowest BCUT2D eigenvalue weighted by molar-refractivity contribution is 0.600. The van der Waals surface area contributed by atoms with Crippen molar-refractivity contribution in [1.29, 1.82) is 0 Å². The Morgan fingerprint density at radius 1 is 0.548 bits per heavy atom. The molecule has 1 atom stereocenters. The zero-order valence-corrected chi connectivity index (χ0v) is 17.5. The molecule has 0 aliphatic carbocycles. The van der Waals surface area contributed by atoms with Gasteiger partial charge < -0.3 is 5.32 Å². The zero-order valence-electron chi connectivity index (χ0n) is 16.7. The molecule has 1 unspecified atom stereocenters. The molecule has 0 saturated heterocycles. The topological polar surface area (TPSA) is 36.8 Å². The van der Waals surface area contributed by atoms with Gasteiger partial charge in [-0.3, -0.25) is 0 Å². The fourth-order valence-corrected chi connectivity index (χ4v) is 3.88. The third kappa shape index (κ3) is 4.00. The van der Waals surface area contributed by atoms with Gasteiger partial charge in [-0.25, -0.2) is 9.98 Å². The summed E-state index contributed by atoms with van der Waals surface area (Å²) in [7, 11) is 0. The first kappa shape index (κ1) is 19.3. The van der Waals surface area contributed by atoms with Crippen LogP contribution in [0.4, 0.5) is 0 Å². The summed E-state index contributed by atoms with van der Waals surface area (Å²) in [5.74, 6) is 0.598. The summed E-state index contributed by atoms with van der Waals surface area (Å²) < 4.78 is 0. The van der Waals surface area contributed by atoms with E-state index >= 15 is 0 Å². The minimum Gasteiger partial charge on any atom is -0.336 e. The largest absolute Gasteiger partial charge is 0.336 e. The third-order valence-electron chi connectivity index (χ3n) is 5.33. The van der Waals surface area contributed by atoms with Crippen LogP contribution in [0.3, 0.4) is 0 Å². The second-order valence-electron chi connectivity index (χ2n) is 7.35. The van der Waals surface area contributed by atoms with Crippen LogP contribution in [-0.4, -0.2) is 12.2 Å². The summed E-state index contributed by atoms with van der Waals surface area (Å²) in [6.45, 7) is 0. The van der Waals surface area contributed by atoms with E-state index in [-0.39, 0.29) is 0 Å². The molecule has 3 nitrogen and oxygen atoms in total. The normalized spacial score (nSPS) is 17.6. The molecule has 1 heterocycles. The quantitative estimate of drug-likeness (QED) is 0.298. The number of halogens is 1. The van der Waals surface area contributed by atoms with Gasteiger partial charge in [0.25, 0.3) is 0 Å². The van der Waals surface area contributed by atoms with Gasteiger partial charge in [0.2, 0.25) is 5.12 Å². The molecule has 0 amide bonds. The fraction of sp³-hybridized carbons (Fsp3) is 0.0370. The molecule has 0 saturated carbocycles. The maximum atomic E-state index is 6.88. The minimum absolute atomic E-state index is 0.598. The molecule has 0 spiro atoms. The molecular formula is C27H20ClN3. The van der Waals surface area contributed by atoms with E-state index in [4.69, 9.17) is 16.6 Å². The summed E-state index contributed by atoms with van der Waals surface area (Å²) in [5, 5.41) is 2.00. The van der Waals surface area contributed by atoms with E-state index in [1.165, 1.54) is 11.1 Å². The molecule has 0 fully saturated rings. The van der Waals surface area contributed by atoms with Gasteiger partial charge >= 0.3 is 0 Å². The Kier molecular flexibility index (Phi) is 5.11. The SMILES string of the molecule is ClC1(c2ccc(-c3ccccc3)cc2)N=C(c2ccc(-c3ccccc3)cc2)N=CN1. The van der Waals surface area contributed by atoms with Crippen molar-refractivity contribution in [1.82, 2.24) is 5.32 Å². The lowest BCUT2D eigenvalue weighted by Gasteiger charge is -2.27. The van der Waals surface area contributed by atoms with Crippen molar-refractivity contribution in [2.75, 3.05) is 0 Å². The molecule has 5 rings (SSSR count). The van der Waals surface area contributed by atoms with E-state index in [1.54, 1.807) is 6.34 Å². The Bertz CT molecular complexity index is 1230. The molecule has 4 aromatic carbocycles. The summed E-state index contributed by atoms with van der Waals surface area (Å²) in [6.07, 6.45) is 1.62. The van der Waals surface area contributed by atoms with Crippen LogP contribution in [0.2, 0.25) is 0 Å². The Labute approximate surface area is 186 Å². The standard InChI is InChI=1S/C27H20ClN3/c28-27(25-17-15-23(16-18-25)21-9-5-2-6-10-21)30-19-29-26(31-27)24-13-11-22(12-14-24)20-7-3-1-4-8-20/h1-19H,(H,29,30,31). The van der Waals surface area contributed by atoms with Crippen LogP contribution in [-0.2, 0) is 5.12 Å². The average molecular weight is 422 g/mol. The van der Waals surface area contributed by atoms with Crippen molar-refractivity contribution in [3.8, 4) is 22.3 Å². The monoisotopic (exact) mass is 421 g/mol. The number of benzene rings is 4. The Balaban J connectivity index is 1.42. The number of nitrogens with one attached hydrogen (secondary N) is 1. The molecule has 0 aromatic heterocycles. The number of rotatable bonds is 4. The van der Waals surface area contributed by atoms with Crippen molar-refractivity contribution in [3.63, 3.8) is 0 Å². The Morgan fingerprint density at radius 3 is 1.55 bits per heavy atom. The fourth-order valence-electron chi connectivity index (χ4n) is 3.63. The molecule has 150 valence electrons. The van der Waals surface area contributed by atoms with Crippen molar-refractivity contribution in [2.24, 2.45) is 9.98 Å². The molecule has 31 heavy (non-hydrogen) atoms. The van der Waals surface area contributed by atoms with Gasteiger partial charge in [-0.05, 0) is 22.3 Å². The summed E-state index contributed by atoms with van der Waals surface area (Å²) in [5.41, 5.74) is 6.40. The van der Waals surface area contributed by atoms with Gasteiger partial charge in [-0.1, -0.05) is 121 Å². The van der Waals surface area contributed by atoms with Gasteiger partial charge in [-0.2, -0.15) is 0 Å². The second kappa shape index (κ2) is 8.21. The van der Waals surface area contributed by atoms with Crippen molar-refractivity contribution >= 4 is 23.8 Å². The Morgan fingerprint density at radius 2 is 1.00 bits per heavy atom. The van der Waals surface area contributed by atoms with Crippen LogP contribution in [0.1, 0.15) is 11.1 Å². The number of hydrogen-bond donors (Lipinski definition) is 1. The van der Waals surface area contributed by atoms with E-state index in [0.29, 0.717) is 5.84 Å². The van der Waals surface area contributed by atoms with Crippen LogP contribution in [0, 0.1) is 0 Å². The zero-order chi connectivity index (χ0) is 21.1. The van der Waals surface area contributed by atoms with E-state index in [2.05, 4.69) is 58.8 Å². The highest BCUT2D eigenvalue weighted by molar-refractivity contribution is 6.26. The van der Waals surface area contributed by atoms with Crippen molar-refractivity contribution in [3.05, 3.63) is 120 Å². The van der Waals surface area contributed by atoms with Crippen LogP contribution >= 0.6 is 11.6 Å². The van der Waals surface area contributed by atoms with Crippen LogP contribution in [0.25, 0.3) is 22.3 Å². The summed E-state index contributed by atoms with van der Waals surface area (Å²) in [6, 6.07) is 36.9. The third-order valence-corrected chi connectivity index (χ3v) is 5.74. The van der Waals surface area contributed by atoms with Gasteiger partial charge in [0, 0.05) is 11.1 Å². The van der Waals surface area contributed by atoms with Gasteiger partial charge in [0.1, 0.15) is 0 Å². The number of amidine groups is 1. The molecule has 0 radical (unpaired) electrons. The second-order valence-corrected chi connectivity index (χ2v) is 7.89. The van der Waals surface area contributed by atoms with E-state index in [9.17, 15) is 0 Å². The maximum absolute atomic E-state index is 6.88. The number of nitrogens with zero attached hydrogens (tertiary/aromatic N) is 2. The molecule has 0 bridgehead atoms. The van der Waals surface area contributed by atoms with Crippen molar-refractivity contribution in [2.45, 2.75) is 5.12 Å². The highest BCUT2D eigenvalue weighted by Gasteiger charge is 2.31. The van der Waals surface area contributed by atoms with Gasteiger partial charge in [-0.15, -0.1) is 0 Å². The highest BCUT2D eigenvalue weighted by Crippen LogP contribution is 2.32. The molecule has 4 heteroatoms. The van der Waals surface area contributed by atoms with Crippen LogP contribution in [0.5, 0.6) is 0 Å². The van der Waals surface area contributed by atoms with E-state index < -0.39 is 5.12 Å². The smallest absolute Gasteiger partial charge is 0.235 e. The number of alkyl halides is 1. The molecule has 1 aliphatic rings. The van der Waals surface area contributed by atoms with Gasteiger partial charge in [0.05, 0.1) is 6.34 Å². The number of aliphatic imine (C=N–C) groups is 2. The summed E-state index contributed by atoms with van der Waals surface area (Å²) in [4.78, 5) is 9.15. The van der Waals surface area contributed by atoms with Gasteiger partial charge in [0.15, 0.2) is 5.84 Å². The first-order valence-corrected chi connectivity index (χ1v) is 10.5. The predicted molar refractivity (Wildman–Crippen MR) is 129 cm³/mol. The van der Waals surface area contributed by atoms with Crippen LogP contribution < -0.4 is 5.32 Å².